The fourth-order valence-electron chi connectivity index (χ4n) is 1.92. The molecule has 2 amide bonds. The number of carbonyl (C=O) groups excluding carboxylic acids is 2. The minimum absolute atomic E-state index is 0.113. The van der Waals surface area contributed by atoms with E-state index in [4.69, 9.17) is 4.74 Å². The second-order valence-corrected chi connectivity index (χ2v) is 6.04. The van der Waals surface area contributed by atoms with Gasteiger partial charge in [-0.25, -0.2) is 9.59 Å². The highest BCUT2D eigenvalue weighted by Crippen LogP contribution is 2.23. The summed E-state index contributed by atoms with van der Waals surface area (Å²) in [5.41, 5.74) is -1.54. The third kappa shape index (κ3) is 5.24. The van der Waals surface area contributed by atoms with E-state index < -0.39 is 17.3 Å². The molecule has 0 aromatic carbocycles. The molecule has 0 unspecified atom stereocenters. The van der Waals surface area contributed by atoms with E-state index in [0.717, 1.165) is 0 Å². The molecule has 116 valence electrons. The summed E-state index contributed by atoms with van der Waals surface area (Å²) in [6.07, 6.45) is -0.180. The molecule has 0 aliphatic carbocycles. The van der Waals surface area contributed by atoms with E-state index >= 15 is 0 Å². The molecule has 20 heavy (non-hydrogen) atoms. The second kappa shape index (κ2) is 6.30. The third-order valence-electron chi connectivity index (χ3n) is 3.09. The minimum atomic E-state index is -1.01. The lowest BCUT2D eigenvalue weighted by molar-refractivity contribution is -0.0306. The van der Waals surface area contributed by atoms with Crippen molar-refractivity contribution in [2.45, 2.75) is 44.8 Å². The Labute approximate surface area is 119 Å². The van der Waals surface area contributed by atoms with Gasteiger partial charge in [0.05, 0.1) is 12.7 Å². The summed E-state index contributed by atoms with van der Waals surface area (Å²) in [4.78, 5) is 24.4. The first-order valence-electron chi connectivity index (χ1n) is 6.67. The Morgan fingerprint density at radius 1 is 1.30 bits per heavy atom. The Kier molecular flexibility index (Phi) is 5.21. The van der Waals surface area contributed by atoms with Crippen LogP contribution in [0.4, 0.5) is 9.59 Å². The van der Waals surface area contributed by atoms with Gasteiger partial charge in [-0.2, -0.15) is 0 Å². The van der Waals surface area contributed by atoms with Gasteiger partial charge in [-0.1, -0.05) is 0 Å². The Morgan fingerprint density at radius 2 is 1.85 bits per heavy atom. The molecule has 0 aromatic heterocycles. The van der Waals surface area contributed by atoms with Crippen LogP contribution in [0.2, 0.25) is 0 Å². The van der Waals surface area contributed by atoms with Gasteiger partial charge < -0.3 is 24.8 Å². The zero-order valence-corrected chi connectivity index (χ0v) is 12.6. The summed E-state index contributed by atoms with van der Waals surface area (Å²) in [5, 5.41) is 12.8. The van der Waals surface area contributed by atoms with Crippen molar-refractivity contribution in [1.82, 2.24) is 10.2 Å². The Bertz CT molecular complexity index is 356. The number of rotatable bonds is 2. The first-order valence-corrected chi connectivity index (χ1v) is 6.67. The predicted octanol–water partition coefficient (Wildman–Crippen LogP) is 1.10. The molecule has 2 N–H and O–H groups in total. The molecule has 0 radical (unpaired) electrons. The van der Waals surface area contributed by atoms with Crippen LogP contribution >= 0.6 is 0 Å². The molecule has 7 heteroatoms. The predicted molar refractivity (Wildman–Crippen MR) is 72.4 cm³/mol. The van der Waals surface area contributed by atoms with Crippen molar-refractivity contribution in [2.75, 3.05) is 26.7 Å². The van der Waals surface area contributed by atoms with Gasteiger partial charge in [-0.15, -0.1) is 0 Å². The van der Waals surface area contributed by atoms with E-state index in [1.165, 1.54) is 7.11 Å². The van der Waals surface area contributed by atoms with Crippen molar-refractivity contribution in [3.63, 3.8) is 0 Å². The van der Waals surface area contributed by atoms with Crippen LogP contribution in [0, 0.1) is 0 Å². The molecule has 1 rings (SSSR count). The monoisotopic (exact) mass is 288 g/mol. The van der Waals surface area contributed by atoms with Gasteiger partial charge >= 0.3 is 12.2 Å². The quantitative estimate of drug-likeness (QED) is 0.794. The van der Waals surface area contributed by atoms with Crippen LogP contribution in [0.15, 0.2) is 0 Å². The van der Waals surface area contributed by atoms with Crippen LogP contribution in [0.5, 0.6) is 0 Å². The zero-order chi connectivity index (χ0) is 15.4. The molecule has 7 nitrogen and oxygen atoms in total. The maximum Gasteiger partial charge on any atom is 0.410 e. The molecule has 0 bridgehead atoms. The van der Waals surface area contributed by atoms with E-state index in [1.54, 1.807) is 4.90 Å². The maximum atomic E-state index is 11.9. The Balaban J connectivity index is 2.42. The lowest BCUT2D eigenvalue weighted by atomic mass is 9.91. The summed E-state index contributed by atoms with van der Waals surface area (Å²) in [6, 6.07) is 0. The molecule has 0 spiro atoms. The number of methoxy groups -OCH3 is 1. The van der Waals surface area contributed by atoms with Crippen LogP contribution in [0.1, 0.15) is 33.6 Å². The van der Waals surface area contributed by atoms with Gasteiger partial charge in [-0.3, -0.25) is 0 Å². The molecule has 1 aliphatic rings. The lowest BCUT2D eigenvalue weighted by Gasteiger charge is -2.38. The number of nitrogens with one attached hydrogen (secondary N) is 1. The first kappa shape index (κ1) is 16.6. The summed E-state index contributed by atoms with van der Waals surface area (Å²) < 4.78 is 9.73. The molecular weight excluding hydrogens is 264 g/mol. The van der Waals surface area contributed by atoms with Gasteiger partial charge in [0, 0.05) is 19.6 Å². The van der Waals surface area contributed by atoms with Gasteiger partial charge in [0.15, 0.2) is 0 Å². The number of aliphatic hydroxyl groups is 1. The number of hydrogen-bond acceptors (Lipinski definition) is 5. The summed E-state index contributed by atoms with van der Waals surface area (Å²) >= 11 is 0. The number of likely N-dealkylation sites (tertiary alicyclic amines) is 1. The van der Waals surface area contributed by atoms with E-state index in [9.17, 15) is 14.7 Å². The fraction of sp³-hybridized carbons (Fsp3) is 0.846. The average Bonchev–Trinajstić information content (AvgIpc) is 2.34. The zero-order valence-electron chi connectivity index (χ0n) is 12.6. The highest BCUT2D eigenvalue weighted by atomic mass is 16.6. The summed E-state index contributed by atoms with van der Waals surface area (Å²) in [7, 11) is 1.27. The van der Waals surface area contributed by atoms with Gasteiger partial charge in [0.25, 0.3) is 0 Å². The highest BCUT2D eigenvalue weighted by molar-refractivity contribution is 5.68. The maximum absolute atomic E-state index is 11.9. The van der Waals surface area contributed by atoms with E-state index in [1.807, 2.05) is 20.8 Å². The smallest absolute Gasteiger partial charge is 0.410 e. The summed E-state index contributed by atoms with van der Waals surface area (Å²) in [5.74, 6) is 0. The van der Waals surface area contributed by atoms with E-state index in [0.29, 0.717) is 25.9 Å². The molecule has 0 atom stereocenters. The van der Waals surface area contributed by atoms with Crippen LogP contribution in [-0.2, 0) is 9.47 Å². The van der Waals surface area contributed by atoms with Crippen molar-refractivity contribution in [3.05, 3.63) is 0 Å². The minimum Gasteiger partial charge on any atom is -0.453 e. The number of alkyl carbamates (subject to hydrolysis) is 1. The average molecular weight is 288 g/mol. The Hall–Kier alpha value is -1.50. The number of ether oxygens (including phenoxy) is 2. The molecule has 1 fully saturated rings. The first-order chi connectivity index (χ1) is 9.15. The lowest BCUT2D eigenvalue weighted by Crippen LogP contribution is -2.52. The number of carbonyl (C=O) groups is 2. The van der Waals surface area contributed by atoms with Gasteiger partial charge in [-0.05, 0) is 33.6 Å². The van der Waals surface area contributed by atoms with Crippen LogP contribution < -0.4 is 5.32 Å². The van der Waals surface area contributed by atoms with Crippen molar-refractivity contribution < 1.29 is 24.2 Å². The Morgan fingerprint density at radius 3 is 2.30 bits per heavy atom. The van der Waals surface area contributed by atoms with Crippen LogP contribution in [0.25, 0.3) is 0 Å². The number of piperidine rings is 1. The highest BCUT2D eigenvalue weighted by Gasteiger charge is 2.35. The molecule has 0 saturated carbocycles. The van der Waals surface area contributed by atoms with Gasteiger partial charge in [0.2, 0.25) is 0 Å². The van der Waals surface area contributed by atoms with Crippen molar-refractivity contribution in [1.29, 1.82) is 0 Å². The molecular formula is C13H24N2O5. The standard InChI is InChI=1S/C13H24N2O5/c1-12(2,3)20-11(17)15-7-5-13(18,6-8-15)9-14-10(16)19-4/h18H,5-9H2,1-4H3,(H,14,16). The van der Waals surface area contributed by atoms with Crippen LogP contribution in [-0.4, -0.2) is 60.1 Å². The second-order valence-electron chi connectivity index (χ2n) is 6.04. The molecule has 1 saturated heterocycles. The number of nitrogens with zero attached hydrogens (tertiary/aromatic N) is 1. The topological polar surface area (TPSA) is 88.1 Å². The van der Waals surface area contributed by atoms with Gasteiger partial charge in [0.1, 0.15) is 5.60 Å². The largest absolute Gasteiger partial charge is 0.453 e. The van der Waals surface area contributed by atoms with Crippen LogP contribution in [0.3, 0.4) is 0 Å². The molecule has 1 heterocycles. The van der Waals surface area contributed by atoms with Crippen molar-refractivity contribution >= 4 is 12.2 Å². The fourth-order valence-corrected chi connectivity index (χ4v) is 1.92. The van der Waals surface area contributed by atoms with Crippen molar-refractivity contribution in [2.24, 2.45) is 0 Å². The molecule has 0 aromatic rings. The third-order valence-corrected chi connectivity index (χ3v) is 3.09. The number of amides is 2. The SMILES string of the molecule is COC(=O)NCC1(O)CCN(C(=O)OC(C)(C)C)CC1. The van der Waals surface area contributed by atoms with E-state index in [2.05, 4.69) is 10.1 Å². The normalized spacial score (nSPS) is 18.4. The van der Waals surface area contributed by atoms with E-state index in [-0.39, 0.29) is 12.6 Å². The molecule has 1 aliphatic heterocycles. The summed E-state index contributed by atoms with van der Waals surface area (Å²) in [6.45, 7) is 6.34. The van der Waals surface area contributed by atoms with Crippen molar-refractivity contribution in [3.8, 4) is 0 Å². The number of hydrogen-bond donors (Lipinski definition) is 2.